The summed E-state index contributed by atoms with van der Waals surface area (Å²) in [5.74, 6) is -0.758. The number of amides is 1. The fourth-order valence-electron chi connectivity index (χ4n) is 1.60. The molecule has 1 rings (SSSR count). The highest BCUT2D eigenvalue weighted by molar-refractivity contribution is 5.99. The molecule has 0 unspecified atom stereocenters. The summed E-state index contributed by atoms with van der Waals surface area (Å²) in [5.41, 5.74) is 0.263. The van der Waals surface area contributed by atoms with Crippen molar-refractivity contribution in [3.63, 3.8) is 0 Å². The number of carbonyl (C=O) groups excluding carboxylic acids is 2. The van der Waals surface area contributed by atoms with Crippen LogP contribution in [0.2, 0.25) is 0 Å². The first-order chi connectivity index (χ1) is 8.81. The summed E-state index contributed by atoms with van der Waals surface area (Å²) in [5, 5.41) is 18.5. The zero-order valence-corrected chi connectivity index (χ0v) is 11.4. The number of nitrogens with zero attached hydrogens (tertiary/aromatic N) is 1. The van der Waals surface area contributed by atoms with Crippen LogP contribution in [0.1, 0.15) is 30.6 Å². The van der Waals surface area contributed by atoms with Crippen molar-refractivity contribution in [3.8, 4) is 11.5 Å². The van der Waals surface area contributed by atoms with Crippen LogP contribution in [0, 0.1) is 5.92 Å². The fourth-order valence-corrected chi connectivity index (χ4v) is 1.60. The van der Waals surface area contributed by atoms with Crippen molar-refractivity contribution < 1.29 is 19.8 Å². The van der Waals surface area contributed by atoms with Crippen molar-refractivity contribution in [1.29, 1.82) is 0 Å². The Balaban J connectivity index is 2.68. The van der Waals surface area contributed by atoms with Crippen LogP contribution in [0.4, 0.5) is 0 Å². The van der Waals surface area contributed by atoms with Crippen molar-refractivity contribution in [2.75, 3.05) is 13.6 Å². The van der Waals surface area contributed by atoms with Gasteiger partial charge in [0.1, 0.15) is 0 Å². The minimum absolute atomic E-state index is 0.0459. The number of hydrogen-bond donors (Lipinski definition) is 2. The number of phenols is 2. The van der Waals surface area contributed by atoms with Gasteiger partial charge in [0.2, 0.25) is 5.91 Å². The number of carbonyl (C=O) groups is 2. The van der Waals surface area contributed by atoms with Gasteiger partial charge in [-0.3, -0.25) is 9.59 Å². The van der Waals surface area contributed by atoms with Crippen LogP contribution in [0.3, 0.4) is 0 Å². The Bertz CT molecular complexity index is 482. The van der Waals surface area contributed by atoms with Gasteiger partial charge in [-0.05, 0) is 24.1 Å². The van der Waals surface area contributed by atoms with Gasteiger partial charge in [0.05, 0.1) is 6.54 Å². The van der Waals surface area contributed by atoms with Gasteiger partial charge in [-0.2, -0.15) is 0 Å². The zero-order chi connectivity index (χ0) is 14.6. The molecule has 5 nitrogen and oxygen atoms in total. The van der Waals surface area contributed by atoms with Gasteiger partial charge < -0.3 is 15.1 Å². The van der Waals surface area contributed by atoms with Crippen LogP contribution in [-0.2, 0) is 4.79 Å². The van der Waals surface area contributed by atoms with Crippen molar-refractivity contribution in [1.82, 2.24) is 4.90 Å². The lowest BCUT2D eigenvalue weighted by Crippen LogP contribution is -2.32. The molecule has 0 saturated carbocycles. The van der Waals surface area contributed by atoms with E-state index in [1.807, 2.05) is 13.8 Å². The highest BCUT2D eigenvalue weighted by Gasteiger charge is 2.16. The lowest BCUT2D eigenvalue weighted by molar-refractivity contribution is -0.130. The fraction of sp³-hybridized carbons (Fsp3) is 0.429. The van der Waals surface area contributed by atoms with Crippen LogP contribution in [-0.4, -0.2) is 40.4 Å². The minimum atomic E-state index is -0.345. The molecule has 0 aliphatic rings. The molecule has 0 radical (unpaired) electrons. The van der Waals surface area contributed by atoms with Crippen molar-refractivity contribution in [2.45, 2.75) is 20.3 Å². The number of hydrogen-bond acceptors (Lipinski definition) is 4. The van der Waals surface area contributed by atoms with Crippen LogP contribution >= 0.6 is 0 Å². The molecule has 0 saturated heterocycles. The molecule has 2 N–H and O–H groups in total. The van der Waals surface area contributed by atoms with Crippen LogP contribution < -0.4 is 0 Å². The Hall–Kier alpha value is -2.04. The lowest BCUT2D eigenvalue weighted by atomic mass is 10.1. The standard InChI is InChI=1S/C14H19NO4/c1-9(2)6-14(19)15(3)8-13(18)10-4-5-11(16)12(17)7-10/h4-5,7,9,16-17H,6,8H2,1-3H3. The summed E-state index contributed by atoms with van der Waals surface area (Å²) in [6.45, 7) is 3.83. The molecule has 0 spiro atoms. The average Bonchev–Trinajstić information content (AvgIpc) is 2.31. The molecule has 0 atom stereocenters. The third kappa shape index (κ3) is 4.28. The van der Waals surface area contributed by atoms with E-state index in [1.165, 1.54) is 23.1 Å². The maximum Gasteiger partial charge on any atom is 0.222 e. The summed E-state index contributed by atoms with van der Waals surface area (Å²) in [6.07, 6.45) is 0.393. The zero-order valence-electron chi connectivity index (χ0n) is 11.4. The normalized spacial score (nSPS) is 10.5. The predicted molar refractivity (Wildman–Crippen MR) is 71.2 cm³/mol. The summed E-state index contributed by atoms with van der Waals surface area (Å²) < 4.78 is 0. The van der Waals surface area contributed by atoms with Gasteiger partial charge in [-0.25, -0.2) is 0 Å². The Morgan fingerprint density at radius 1 is 1.21 bits per heavy atom. The third-order valence-electron chi connectivity index (χ3n) is 2.69. The smallest absolute Gasteiger partial charge is 0.222 e. The Labute approximate surface area is 112 Å². The van der Waals surface area contributed by atoms with Gasteiger partial charge in [0.15, 0.2) is 17.3 Å². The number of phenolic OH excluding ortho intramolecular Hbond substituents is 2. The molecule has 0 heterocycles. The minimum Gasteiger partial charge on any atom is -0.504 e. The largest absolute Gasteiger partial charge is 0.504 e. The summed E-state index contributed by atoms with van der Waals surface area (Å²) in [7, 11) is 1.57. The number of likely N-dealkylation sites (N-methyl/N-ethyl adjacent to an activating group) is 1. The van der Waals surface area contributed by atoms with Crippen molar-refractivity contribution in [2.24, 2.45) is 5.92 Å². The first-order valence-electron chi connectivity index (χ1n) is 6.10. The molecule has 0 aliphatic heterocycles. The summed E-state index contributed by atoms with van der Waals surface area (Å²) in [4.78, 5) is 25.0. The van der Waals surface area contributed by atoms with E-state index in [4.69, 9.17) is 5.11 Å². The van der Waals surface area contributed by atoms with E-state index in [-0.39, 0.29) is 41.2 Å². The van der Waals surface area contributed by atoms with Crippen LogP contribution in [0.5, 0.6) is 11.5 Å². The average molecular weight is 265 g/mol. The van der Waals surface area contributed by atoms with Crippen molar-refractivity contribution in [3.05, 3.63) is 23.8 Å². The number of rotatable bonds is 5. The number of Topliss-reactive ketones (excluding diaryl/α,β-unsaturated/α-hetero) is 1. The Morgan fingerprint density at radius 3 is 2.37 bits per heavy atom. The van der Waals surface area contributed by atoms with E-state index in [0.29, 0.717) is 6.42 Å². The maximum atomic E-state index is 11.9. The number of aromatic hydroxyl groups is 2. The topological polar surface area (TPSA) is 77.8 Å². The molecule has 1 aromatic carbocycles. The maximum absolute atomic E-state index is 11.9. The SMILES string of the molecule is CC(C)CC(=O)N(C)CC(=O)c1ccc(O)c(O)c1. The second kappa shape index (κ2) is 6.22. The van der Waals surface area contributed by atoms with E-state index in [1.54, 1.807) is 7.05 Å². The second-order valence-corrected chi connectivity index (χ2v) is 4.97. The monoisotopic (exact) mass is 265 g/mol. The highest BCUT2D eigenvalue weighted by atomic mass is 16.3. The van der Waals surface area contributed by atoms with Gasteiger partial charge in [0, 0.05) is 19.0 Å². The van der Waals surface area contributed by atoms with E-state index in [0.717, 1.165) is 0 Å². The molecule has 0 bridgehead atoms. The second-order valence-electron chi connectivity index (χ2n) is 4.97. The molecule has 0 fully saturated rings. The third-order valence-corrected chi connectivity index (χ3v) is 2.69. The highest BCUT2D eigenvalue weighted by Crippen LogP contribution is 2.25. The Morgan fingerprint density at radius 2 is 1.84 bits per heavy atom. The summed E-state index contributed by atoms with van der Waals surface area (Å²) in [6, 6.07) is 3.86. The van der Waals surface area contributed by atoms with Crippen LogP contribution in [0.25, 0.3) is 0 Å². The molecule has 5 heteroatoms. The molecular formula is C14H19NO4. The van der Waals surface area contributed by atoms with E-state index < -0.39 is 0 Å². The van der Waals surface area contributed by atoms with Gasteiger partial charge >= 0.3 is 0 Å². The van der Waals surface area contributed by atoms with Crippen LogP contribution in [0.15, 0.2) is 18.2 Å². The van der Waals surface area contributed by atoms with E-state index >= 15 is 0 Å². The molecule has 0 aliphatic carbocycles. The lowest BCUT2D eigenvalue weighted by Gasteiger charge is -2.17. The van der Waals surface area contributed by atoms with E-state index in [2.05, 4.69) is 0 Å². The molecule has 104 valence electrons. The van der Waals surface area contributed by atoms with Crippen molar-refractivity contribution >= 4 is 11.7 Å². The van der Waals surface area contributed by atoms with Gasteiger partial charge in [-0.15, -0.1) is 0 Å². The predicted octanol–water partition coefficient (Wildman–Crippen LogP) is 1.78. The first kappa shape index (κ1) is 15.0. The summed E-state index contributed by atoms with van der Waals surface area (Å²) >= 11 is 0. The van der Waals surface area contributed by atoms with E-state index in [9.17, 15) is 14.7 Å². The van der Waals surface area contributed by atoms with Gasteiger partial charge in [-0.1, -0.05) is 13.8 Å². The number of benzene rings is 1. The number of ketones is 1. The molecule has 1 amide bonds. The molecular weight excluding hydrogens is 246 g/mol. The molecule has 1 aromatic rings. The van der Waals surface area contributed by atoms with Gasteiger partial charge in [0.25, 0.3) is 0 Å². The molecule has 19 heavy (non-hydrogen) atoms. The quantitative estimate of drug-likeness (QED) is 0.628. The Kier molecular flexibility index (Phi) is 4.92. The first-order valence-corrected chi connectivity index (χ1v) is 6.10. The molecule has 0 aromatic heterocycles.